The molecule has 3 rings (SSSR count). The third-order valence-electron chi connectivity index (χ3n) is 6.37. The zero-order valence-electron chi connectivity index (χ0n) is 22.8. The molecule has 6 nitrogen and oxygen atoms in total. The number of carbonyl (C=O) groups is 1. The first-order valence-corrected chi connectivity index (χ1v) is 15.4. The topological polar surface area (TPSA) is 79.2 Å². The van der Waals surface area contributed by atoms with E-state index < -0.39 is 22.3 Å². The summed E-state index contributed by atoms with van der Waals surface area (Å²) >= 11 is 1.62. The molecule has 2 atom stereocenters. The molecule has 1 heterocycles. The van der Waals surface area contributed by atoms with Crippen LogP contribution in [0, 0.1) is 0 Å². The Morgan fingerprint density at radius 3 is 2.51 bits per heavy atom. The minimum absolute atomic E-state index is 0.0109. The Hall–Kier alpha value is -1.97. The highest BCUT2D eigenvalue weighted by Gasteiger charge is 2.39. The molecule has 37 heavy (non-hydrogen) atoms. The van der Waals surface area contributed by atoms with E-state index in [9.17, 15) is 13.9 Å². The summed E-state index contributed by atoms with van der Waals surface area (Å²) in [5.74, 6) is 0.809. The molecule has 0 amide bonds. The molecule has 2 N–H and O–H groups in total. The number of rotatable bonds is 9. The highest BCUT2D eigenvalue weighted by Crippen LogP contribution is 2.60. The van der Waals surface area contributed by atoms with Gasteiger partial charge in [0, 0.05) is 25.1 Å². The predicted octanol–water partition coefficient (Wildman–Crippen LogP) is 8.08. The van der Waals surface area contributed by atoms with Crippen molar-refractivity contribution in [3.63, 3.8) is 0 Å². The monoisotopic (exact) mass is 547 g/mol. The van der Waals surface area contributed by atoms with Gasteiger partial charge in [0.25, 0.3) is 0 Å². The smallest absolute Gasteiger partial charge is 0.334 e. The van der Waals surface area contributed by atoms with Crippen molar-refractivity contribution in [3.05, 3.63) is 65.9 Å². The molecule has 2 aromatic carbocycles. The summed E-state index contributed by atoms with van der Waals surface area (Å²) < 4.78 is 36.2. The zero-order valence-corrected chi connectivity index (χ0v) is 24.4. The van der Waals surface area contributed by atoms with Crippen LogP contribution in [0.25, 0.3) is 0 Å². The van der Waals surface area contributed by atoms with Gasteiger partial charge in [-0.1, -0.05) is 57.0 Å². The van der Waals surface area contributed by atoms with Gasteiger partial charge in [-0.25, -0.2) is 9.10 Å². The molecule has 0 saturated carbocycles. The van der Waals surface area contributed by atoms with Crippen molar-refractivity contribution >= 4 is 28.5 Å². The molecular formula is C29H41NO5S2. The van der Waals surface area contributed by atoms with E-state index in [4.69, 9.17) is 9.47 Å². The average molecular weight is 548 g/mol. The van der Waals surface area contributed by atoms with Crippen LogP contribution >= 0.6 is 22.5 Å². The predicted molar refractivity (Wildman–Crippen MR) is 154 cm³/mol. The van der Waals surface area contributed by atoms with Crippen molar-refractivity contribution in [3.8, 4) is 5.75 Å². The second kappa shape index (κ2) is 12.7. The summed E-state index contributed by atoms with van der Waals surface area (Å²) in [6.07, 6.45) is 6.29. The number of carbonyl (C=O) groups excluding carboxylic acids is 1. The van der Waals surface area contributed by atoms with Crippen molar-refractivity contribution in [2.75, 3.05) is 12.8 Å². The molecular weight excluding hydrogens is 506 g/mol. The van der Waals surface area contributed by atoms with Crippen LogP contribution in [-0.2, 0) is 9.53 Å². The summed E-state index contributed by atoms with van der Waals surface area (Å²) in [5, 5.41) is 0. The average Bonchev–Trinajstić information content (AvgIpc) is 2.91. The van der Waals surface area contributed by atoms with Gasteiger partial charge in [-0.05, 0) is 56.6 Å². The lowest BCUT2D eigenvalue weighted by atomic mass is 9.84. The first-order valence-electron chi connectivity index (χ1n) is 12.9. The fraction of sp³-hybridized carbons (Fsp3) is 0.483. The van der Waals surface area contributed by atoms with Gasteiger partial charge in [0.1, 0.15) is 11.4 Å². The third kappa shape index (κ3) is 7.54. The number of unbranched alkanes of at least 4 members (excludes halogenated alkanes) is 1. The highest BCUT2D eigenvalue weighted by molar-refractivity contribution is 8.22. The number of nitrogens with zero attached hydrogens (tertiary/aromatic N) is 1. The van der Waals surface area contributed by atoms with Crippen molar-refractivity contribution in [2.45, 2.75) is 87.7 Å². The van der Waals surface area contributed by atoms with Gasteiger partial charge >= 0.3 is 5.97 Å². The summed E-state index contributed by atoms with van der Waals surface area (Å²) in [6.45, 7) is 9.63. The lowest BCUT2D eigenvalue weighted by Gasteiger charge is -2.44. The highest BCUT2D eigenvalue weighted by atomic mass is 32.3. The zero-order chi connectivity index (χ0) is 27.2. The maximum Gasteiger partial charge on any atom is 0.334 e. The van der Waals surface area contributed by atoms with Gasteiger partial charge in [0.2, 0.25) is 0 Å². The lowest BCUT2D eigenvalue weighted by Crippen LogP contribution is -2.33. The van der Waals surface area contributed by atoms with Crippen LogP contribution in [0.5, 0.6) is 5.75 Å². The van der Waals surface area contributed by atoms with Crippen molar-refractivity contribution in [1.29, 1.82) is 0 Å². The normalized spacial score (nSPS) is 20.8. The van der Waals surface area contributed by atoms with Gasteiger partial charge in [0.15, 0.2) is 0 Å². The van der Waals surface area contributed by atoms with E-state index in [1.54, 1.807) is 42.9 Å². The quantitative estimate of drug-likeness (QED) is 0.142. The van der Waals surface area contributed by atoms with Crippen LogP contribution in [0.15, 0.2) is 64.6 Å². The van der Waals surface area contributed by atoms with E-state index >= 15 is 0 Å². The second-order valence-corrected chi connectivity index (χ2v) is 13.6. The number of esters is 1. The number of ether oxygens (including phenoxy) is 2. The van der Waals surface area contributed by atoms with Gasteiger partial charge in [-0.2, -0.15) is 0 Å². The Labute approximate surface area is 227 Å². The summed E-state index contributed by atoms with van der Waals surface area (Å²) in [5.41, 5.74) is 1.47. The Bertz CT molecular complexity index is 1080. The number of fused-ring (bicyclic) bond motifs is 1. The van der Waals surface area contributed by atoms with Crippen molar-refractivity contribution in [2.24, 2.45) is 0 Å². The fourth-order valence-corrected chi connectivity index (χ4v) is 7.05. The van der Waals surface area contributed by atoms with E-state index in [1.165, 1.54) is 12.3 Å². The first-order chi connectivity index (χ1) is 17.5. The SMILES string of the molecule is CCCCC1CC(c2ccccc2)c2cc(SCC)c(O/C=C/C(=O)OC(C)(C)C)cc2S(O)(O)N1C. The molecule has 0 aromatic heterocycles. The maximum atomic E-state index is 12.1. The van der Waals surface area contributed by atoms with E-state index in [2.05, 4.69) is 26.0 Å². The van der Waals surface area contributed by atoms with Crippen LogP contribution in [0.2, 0.25) is 0 Å². The molecule has 204 valence electrons. The first kappa shape index (κ1) is 29.6. The number of hydrogen-bond donors (Lipinski definition) is 2. The second-order valence-electron chi connectivity index (χ2n) is 10.3. The molecule has 0 fully saturated rings. The Morgan fingerprint density at radius 2 is 1.89 bits per heavy atom. The lowest BCUT2D eigenvalue weighted by molar-refractivity contribution is -0.148. The van der Waals surface area contributed by atoms with Gasteiger partial charge in [-0.15, -0.1) is 22.5 Å². The number of benzene rings is 2. The maximum absolute atomic E-state index is 12.1. The Morgan fingerprint density at radius 1 is 1.19 bits per heavy atom. The molecule has 0 bridgehead atoms. The van der Waals surface area contributed by atoms with Crippen molar-refractivity contribution < 1.29 is 23.4 Å². The van der Waals surface area contributed by atoms with Gasteiger partial charge < -0.3 is 9.47 Å². The van der Waals surface area contributed by atoms with Crippen LogP contribution in [0.1, 0.15) is 77.3 Å². The Balaban J connectivity index is 2.09. The summed E-state index contributed by atoms with van der Waals surface area (Å²) in [4.78, 5) is 13.5. The minimum Gasteiger partial charge on any atom is -0.463 e. The van der Waals surface area contributed by atoms with E-state index in [0.29, 0.717) is 10.6 Å². The molecule has 1 aliphatic heterocycles. The van der Waals surface area contributed by atoms with E-state index in [0.717, 1.165) is 47.5 Å². The molecule has 0 radical (unpaired) electrons. The van der Waals surface area contributed by atoms with Gasteiger partial charge in [-0.3, -0.25) is 9.11 Å². The van der Waals surface area contributed by atoms with E-state index in [1.807, 2.05) is 31.3 Å². The molecule has 0 spiro atoms. The molecule has 2 aromatic rings. The van der Waals surface area contributed by atoms with E-state index in [-0.39, 0.29) is 12.0 Å². The standard InChI is InChI=1S/C29H41NO5S2/c1-7-9-15-22-18-23(21-13-11-10-12-14-21)24-19-26(36-8-2)25(20-27(24)37(32,33)30(22)6)34-17-16-28(31)35-29(3,4)5/h10-14,16-17,19-20,22-23,32-33H,7-9,15,18H2,1-6H3/b17-16+. The fourth-order valence-electron chi connectivity index (χ4n) is 4.58. The van der Waals surface area contributed by atoms with Crippen LogP contribution in [0.4, 0.5) is 0 Å². The third-order valence-corrected chi connectivity index (χ3v) is 9.33. The van der Waals surface area contributed by atoms with Crippen LogP contribution in [-0.4, -0.2) is 43.8 Å². The summed E-state index contributed by atoms with van der Waals surface area (Å²) in [7, 11) is -1.46. The summed E-state index contributed by atoms with van der Waals surface area (Å²) in [6, 6.07) is 14.1. The number of hydrogen-bond acceptors (Lipinski definition) is 7. The molecule has 0 aliphatic carbocycles. The largest absolute Gasteiger partial charge is 0.463 e. The molecule has 1 aliphatic rings. The molecule has 2 unspecified atom stereocenters. The van der Waals surface area contributed by atoms with Crippen LogP contribution in [0.3, 0.4) is 0 Å². The Kier molecular flexibility index (Phi) is 10.2. The van der Waals surface area contributed by atoms with Crippen LogP contribution < -0.4 is 4.74 Å². The molecule has 8 heteroatoms. The van der Waals surface area contributed by atoms with Gasteiger partial charge in [0.05, 0.1) is 22.1 Å². The number of thioether (sulfide) groups is 1. The minimum atomic E-state index is -3.27. The molecule has 0 saturated heterocycles. The van der Waals surface area contributed by atoms with Crippen molar-refractivity contribution in [1.82, 2.24) is 4.31 Å².